The average molecular weight is 194 g/mol. The first kappa shape index (κ1) is 9.50. The predicted octanol–water partition coefficient (Wildman–Crippen LogP) is 3.18. The van der Waals surface area contributed by atoms with Crippen molar-refractivity contribution >= 4 is 0 Å². The highest BCUT2D eigenvalue weighted by molar-refractivity contribution is 5.38. The molecule has 1 aromatic rings. The zero-order valence-corrected chi connectivity index (χ0v) is 8.80. The molecule has 14 heavy (non-hydrogen) atoms. The van der Waals surface area contributed by atoms with E-state index in [4.69, 9.17) is 4.74 Å². The summed E-state index contributed by atoms with van der Waals surface area (Å²) in [5, 5.41) is 0. The van der Waals surface area contributed by atoms with E-state index in [9.17, 15) is 4.39 Å². The molecule has 1 unspecified atom stereocenters. The van der Waals surface area contributed by atoms with Crippen molar-refractivity contribution in [2.75, 3.05) is 0 Å². The molecule has 1 heterocycles. The molecule has 2 rings (SSSR count). The minimum atomic E-state index is -0.179. The largest absolute Gasteiger partial charge is 0.489 e. The molecule has 1 aliphatic heterocycles. The van der Waals surface area contributed by atoms with Gasteiger partial charge in [0.05, 0.1) is 0 Å². The summed E-state index contributed by atoms with van der Waals surface area (Å²) in [6.45, 7) is 6.42. The predicted molar refractivity (Wildman–Crippen MR) is 54.0 cm³/mol. The van der Waals surface area contributed by atoms with Crippen LogP contribution in [0.4, 0.5) is 4.39 Å². The normalized spacial score (nSPS) is 20.4. The zero-order chi connectivity index (χ0) is 10.3. The summed E-state index contributed by atoms with van der Waals surface area (Å²) in [5.74, 6) is 0.660. The number of halogens is 1. The first-order valence-corrected chi connectivity index (χ1v) is 4.92. The zero-order valence-electron chi connectivity index (χ0n) is 8.80. The summed E-state index contributed by atoms with van der Waals surface area (Å²) >= 11 is 0. The summed E-state index contributed by atoms with van der Waals surface area (Å²) in [7, 11) is 0. The van der Waals surface area contributed by atoms with Crippen LogP contribution in [0.3, 0.4) is 0 Å². The van der Waals surface area contributed by atoms with Crippen LogP contribution in [0.2, 0.25) is 0 Å². The smallest absolute Gasteiger partial charge is 0.123 e. The van der Waals surface area contributed by atoms with E-state index in [1.807, 2.05) is 0 Å². The van der Waals surface area contributed by atoms with Crippen molar-refractivity contribution in [3.8, 4) is 5.75 Å². The Kier molecular flexibility index (Phi) is 2.02. The second-order valence-corrected chi connectivity index (χ2v) is 4.93. The van der Waals surface area contributed by atoms with Gasteiger partial charge in [-0.2, -0.15) is 0 Å². The average Bonchev–Trinajstić information content (AvgIpc) is 2.45. The van der Waals surface area contributed by atoms with E-state index in [1.165, 1.54) is 6.07 Å². The molecule has 1 aliphatic rings. The molecule has 0 N–H and O–H groups in total. The SMILES string of the molecule is CC(C)(C)C1Cc2cc(F)ccc2O1. The topological polar surface area (TPSA) is 9.23 Å². The molecule has 0 saturated carbocycles. The molecule has 0 spiro atoms. The third-order valence-electron chi connectivity index (χ3n) is 2.66. The third-order valence-corrected chi connectivity index (χ3v) is 2.66. The van der Waals surface area contributed by atoms with Gasteiger partial charge in [0.25, 0.3) is 0 Å². The summed E-state index contributed by atoms with van der Waals surface area (Å²) < 4.78 is 18.7. The second kappa shape index (κ2) is 2.97. The molecule has 0 bridgehead atoms. The Hall–Kier alpha value is -1.05. The Morgan fingerprint density at radius 3 is 2.71 bits per heavy atom. The highest BCUT2D eigenvalue weighted by atomic mass is 19.1. The monoisotopic (exact) mass is 194 g/mol. The molecule has 0 fully saturated rings. The van der Waals surface area contributed by atoms with Crippen molar-refractivity contribution in [1.29, 1.82) is 0 Å². The summed E-state index contributed by atoms with van der Waals surface area (Å²) in [5.41, 5.74) is 1.10. The maximum Gasteiger partial charge on any atom is 0.123 e. The van der Waals surface area contributed by atoms with E-state index in [1.54, 1.807) is 12.1 Å². The summed E-state index contributed by atoms with van der Waals surface area (Å²) in [4.78, 5) is 0. The first-order valence-electron chi connectivity index (χ1n) is 4.92. The van der Waals surface area contributed by atoms with Crippen LogP contribution in [-0.2, 0) is 6.42 Å². The van der Waals surface area contributed by atoms with Gasteiger partial charge in [0, 0.05) is 12.0 Å². The Morgan fingerprint density at radius 1 is 1.36 bits per heavy atom. The molecule has 1 aromatic carbocycles. The maximum absolute atomic E-state index is 12.9. The standard InChI is InChI=1S/C12H15FO/c1-12(2,3)11-7-8-6-9(13)4-5-10(8)14-11/h4-6,11H,7H2,1-3H3. The lowest BCUT2D eigenvalue weighted by molar-refractivity contribution is 0.109. The van der Waals surface area contributed by atoms with Crippen LogP contribution in [-0.4, -0.2) is 6.10 Å². The summed E-state index contributed by atoms with van der Waals surface area (Å²) in [6.07, 6.45) is 0.982. The van der Waals surface area contributed by atoms with Crippen LogP contribution in [0.25, 0.3) is 0 Å². The van der Waals surface area contributed by atoms with Gasteiger partial charge in [-0.3, -0.25) is 0 Å². The fourth-order valence-corrected chi connectivity index (χ4v) is 1.70. The van der Waals surface area contributed by atoms with Gasteiger partial charge in [-0.25, -0.2) is 4.39 Å². The Balaban J connectivity index is 2.26. The number of ether oxygens (including phenoxy) is 1. The minimum absolute atomic E-state index is 0.107. The number of hydrogen-bond acceptors (Lipinski definition) is 1. The quantitative estimate of drug-likeness (QED) is 0.616. The molecule has 1 atom stereocenters. The minimum Gasteiger partial charge on any atom is -0.489 e. The van der Waals surface area contributed by atoms with Crippen molar-refractivity contribution < 1.29 is 9.13 Å². The van der Waals surface area contributed by atoms with Crippen LogP contribution < -0.4 is 4.74 Å². The number of hydrogen-bond donors (Lipinski definition) is 0. The maximum atomic E-state index is 12.9. The van der Waals surface area contributed by atoms with E-state index in [0.29, 0.717) is 0 Å². The Bertz CT molecular complexity index is 352. The molecule has 2 heteroatoms. The van der Waals surface area contributed by atoms with Gasteiger partial charge in [-0.1, -0.05) is 20.8 Å². The Morgan fingerprint density at radius 2 is 2.07 bits per heavy atom. The van der Waals surface area contributed by atoms with Crippen LogP contribution >= 0.6 is 0 Å². The van der Waals surface area contributed by atoms with Crippen molar-refractivity contribution in [3.05, 3.63) is 29.6 Å². The van der Waals surface area contributed by atoms with Crippen molar-refractivity contribution in [2.24, 2.45) is 5.41 Å². The van der Waals surface area contributed by atoms with E-state index in [0.717, 1.165) is 17.7 Å². The van der Waals surface area contributed by atoms with Gasteiger partial charge < -0.3 is 4.74 Å². The first-order chi connectivity index (χ1) is 6.47. The lowest BCUT2D eigenvalue weighted by atomic mass is 9.87. The van der Waals surface area contributed by atoms with Gasteiger partial charge in [-0.15, -0.1) is 0 Å². The van der Waals surface area contributed by atoms with Crippen LogP contribution in [0.5, 0.6) is 5.75 Å². The molecule has 0 amide bonds. The molecule has 0 aromatic heterocycles. The molecule has 0 aliphatic carbocycles. The van der Waals surface area contributed by atoms with Crippen molar-refractivity contribution in [1.82, 2.24) is 0 Å². The van der Waals surface area contributed by atoms with E-state index >= 15 is 0 Å². The van der Waals surface area contributed by atoms with Gasteiger partial charge in [0.15, 0.2) is 0 Å². The van der Waals surface area contributed by atoms with Crippen LogP contribution in [0, 0.1) is 11.2 Å². The van der Waals surface area contributed by atoms with Crippen molar-refractivity contribution in [3.63, 3.8) is 0 Å². The molecule has 0 radical (unpaired) electrons. The fraction of sp³-hybridized carbons (Fsp3) is 0.500. The van der Waals surface area contributed by atoms with Gasteiger partial charge in [-0.05, 0) is 23.6 Å². The number of benzene rings is 1. The summed E-state index contributed by atoms with van der Waals surface area (Å²) in [6, 6.07) is 4.74. The number of rotatable bonds is 0. The molecule has 0 saturated heterocycles. The van der Waals surface area contributed by atoms with Gasteiger partial charge >= 0.3 is 0 Å². The fourth-order valence-electron chi connectivity index (χ4n) is 1.70. The molecular weight excluding hydrogens is 179 g/mol. The van der Waals surface area contributed by atoms with Gasteiger partial charge in [0.1, 0.15) is 17.7 Å². The third kappa shape index (κ3) is 1.61. The lowest BCUT2D eigenvalue weighted by Gasteiger charge is -2.25. The highest BCUT2D eigenvalue weighted by Gasteiger charge is 2.32. The van der Waals surface area contributed by atoms with Gasteiger partial charge in [0.2, 0.25) is 0 Å². The van der Waals surface area contributed by atoms with Crippen molar-refractivity contribution in [2.45, 2.75) is 33.3 Å². The van der Waals surface area contributed by atoms with Crippen LogP contribution in [0.1, 0.15) is 26.3 Å². The van der Waals surface area contributed by atoms with E-state index in [2.05, 4.69) is 20.8 Å². The van der Waals surface area contributed by atoms with E-state index < -0.39 is 0 Å². The molecule has 1 nitrogen and oxygen atoms in total. The molecular formula is C12H15FO. The molecule has 76 valence electrons. The van der Waals surface area contributed by atoms with E-state index in [-0.39, 0.29) is 17.3 Å². The van der Waals surface area contributed by atoms with Crippen LogP contribution in [0.15, 0.2) is 18.2 Å². The second-order valence-electron chi connectivity index (χ2n) is 4.93. The number of fused-ring (bicyclic) bond motifs is 1. The Labute approximate surface area is 83.9 Å². The lowest BCUT2D eigenvalue weighted by Crippen LogP contribution is -2.30. The highest BCUT2D eigenvalue weighted by Crippen LogP contribution is 2.36.